The number of carbonyl (C=O) groups excluding carboxylic acids is 1. The van der Waals surface area contributed by atoms with Crippen molar-refractivity contribution in [3.05, 3.63) is 34.9 Å². The van der Waals surface area contributed by atoms with Crippen molar-refractivity contribution in [3.8, 4) is 0 Å². The highest BCUT2D eigenvalue weighted by molar-refractivity contribution is 7.99. The number of rotatable bonds is 4. The Hall–Kier alpha value is -0.910. The van der Waals surface area contributed by atoms with Gasteiger partial charge in [-0.1, -0.05) is 23.7 Å². The first-order chi connectivity index (χ1) is 9.69. The summed E-state index contributed by atoms with van der Waals surface area (Å²) in [6.07, 6.45) is 2.15. The Labute approximate surface area is 128 Å². The number of hydrogen-bond donors (Lipinski definition) is 3. The van der Waals surface area contributed by atoms with Crippen molar-refractivity contribution < 1.29 is 9.90 Å². The zero-order valence-electron chi connectivity index (χ0n) is 11.1. The highest BCUT2D eigenvalue weighted by Gasteiger charge is 2.18. The number of benzene rings is 1. The fourth-order valence-corrected chi connectivity index (χ4v) is 3.37. The van der Waals surface area contributed by atoms with Crippen molar-refractivity contribution in [1.82, 2.24) is 10.6 Å². The van der Waals surface area contributed by atoms with Crippen molar-refractivity contribution in [2.75, 3.05) is 18.1 Å². The van der Waals surface area contributed by atoms with Gasteiger partial charge in [0.05, 0.1) is 12.6 Å². The fourth-order valence-electron chi connectivity index (χ4n) is 2.17. The van der Waals surface area contributed by atoms with Crippen LogP contribution in [-0.2, 0) is 0 Å². The van der Waals surface area contributed by atoms with Crippen LogP contribution in [0.4, 0.5) is 4.79 Å². The Kier molecular flexibility index (Phi) is 6.01. The number of amides is 2. The van der Waals surface area contributed by atoms with E-state index in [1.165, 1.54) is 5.75 Å². The molecule has 0 aliphatic carbocycles. The summed E-state index contributed by atoms with van der Waals surface area (Å²) in [5, 5.41) is 15.8. The Morgan fingerprint density at radius 1 is 1.45 bits per heavy atom. The van der Waals surface area contributed by atoms with E-state index in [2.05, 4.69) is 10.6 Å². The number of halogens is 1. The molecule has 2 atom stereocenters. The smallest absolute Gasteiger partial charge is 0.315 e. The molecule has 1 aromatic rings. The van der Waals surface area contributed by atoms with E-state index in [1.807, 2.05) is 11.8 Å². The van der Waals surface area contributed by atoms with Crippen LogP contribution >= 0.6 is 23.4 Å². The van der Waals surface area contributed by atoms with Crippen LogP contribution < -0.4 is 10.6 Å². The first-order valence-electron chi connectivity index (χ1n) is 6.70. The first-order valence-corrected chi connectivity index (χ1v) is 8.23. The molecule has 2 rings (SSSR count). The highest BCUT2D eigenvalue weighted by atomic mass is 35.5. The predicted molar refractivity (Wildman–Crippen MR) is 83.3 cm³/mol. The maximum atomic E-state index is 12.0. The second kappa shape index (κ2) is 7.76. The SMILES string of the molecule is O=C(NC1CCCSC1)NC(CO)c1ccc(Cl)cc1. The van der Waals surface area contributed by atoms with Crippen LogP contribution in [0.3, 0.4) is 0 Å². The summed E-state index contributed by atoms with van der Waals surface area (Å²) in [6, 6.07) is 6.68. The molecule has 3 N–H and O–H groups in total. The standard InChI is InChI=1S/C14H19ClN2O2S/c15-11-5-3-10(4-6-11)13(8-18)17-14(19)16-12-2-1-7-20-9-12/h3-6,12-13,18H,1-2,7-9H2,(H2,16,17,19). The van der Waals surface area contributed by atoms with E-state index in [9.17, 15) is 9.90 Å². The molecule has 0 saturated carbocycles. The maximum absolute atomic E-state index is 12.0. The third-order valence-corrected chi connectivity index (χ3v) is 4.72. The minimum absolute atomic E-state index is 0.144. The fraction of sp³-hybridized carbons (Fsp3) is 0.500. The van der Waals surface area contributed by atoms with E-state index < -0.39 is 6.04 Å². The molecule has 110 valence electrons. The lowest BCUT2D eigenvalue weighted by atomic mass is 10.1. The molecule has 1 heterocycles. The molecule has 0 bridgehead atoms. The number of urea groups is 1. The topological polar surface area (TPSA) is 61.4 Å². The Balaban J connectivity index is 1.88. The molecule has 1 aromatic carbocycles. The van der Waals surface area contributed by atoms with Crippen LogP contribution in [0, 0.1) is 0 Å². The molecule has 1 aliphatic heterocycles. The van der Waals surface area contributed by atoms with Gasteiger partial charge in [0.2, 0.25) is 0 Å². The molecule has 2 amide bonds. The van der Waals surface area contributed by atoms with Crippen LogP contribution in [0.2, 0.25) is 5.02 Å². The lowest BCUT2D eigenvalue weighted by Gasteiger charge is -2.24. The van der Waals surface area contributed by atoms with E-state index in [0.29, 0.717) is 5.02 Å². The lowest BCUT2D eigenvalue weighted by Crippen LogP contribution is -2.46. The summed E-state index contributed by atoms with van der Waals surface area (Å²) in [7, 11) is 0. The van der Waals surface area contributed by atoms with Crippen LogP contribution in [0.1, 0.15) is 24.4 Å². The van der Waals surface area contributed by atoms with Gasteiger partial charge in [-0.15, -0.1) is 0 Å². The summed E-state index contributed by atoms with van der Waals surface area (Å²) >= 11 is 7.69. The van der Waals surface area contributed by atoms with Crippen molar-refractivity contribution >= 4 is 29.4 Å². The molecule has 4 nitrogen and oxygen atoms in total. The summed E-state index contributed by atoms with van der Waals surface area (Å²) in [4.78, 5) is 12.0. The second-order valence-electron chi connectivity index (χ2n) is 4.82. The van der Waals surface area contributed by atoms with E-state index in [-0.39, 0.29) is 18.7 Å². The van der Waals surface area contributed by atoms with Gasteiger partial charge in [-0.2, -0.15) is 11.8 Å². The van der Waals surface area contributed by atoms with Crippen molar-refractivity contribution in [2.45, 2.75) is 24.9 Å². The van der Waals surface area contributed by atoms with Crippen LogP contribution in [-0.4, -0.2) is 35.3 Å². The number of carbonyl (C=O) groups is 1. The highest BCUT2D eigenvalue weighted by Crippen LogP contribution is 2.18. The van der Waals surface area contributed by atoms with E-state index in [0.717, 1.165) is 24.2 Å². The van der Waals surface area contributed by atoms with E-state index >= 15 is 0 Å². The van der Waals surface area contributed by atoms with Crippen LogP contribution in [0.25, 0.3) is 0 Å². The molecule has 0 aromatic heterocycles. The van der Waals surface area contributed by atoms with E-state index in [4.69, 9.17) is 11.6 Å². The number of aliphatic hydroxyl groups is 1. The summed E-state index contributed by atoms with van der Waals surface area (Å²) < 4.78 is 0. The van der Waals surface area contributed by atoms with Crippen molar-refractivity contribution in [2.24, 2.45) is 0 Å². The minimum atomic E-state index is -0.413. The molecule has 1 saturated heterocycles. The largest absolute Gasteiger partial charge is 0.394 e. The quantitative estimate of drug-likeness (QED) is 0.800. The molecule has 2 unspecified atom stereocenters. The van der Waals surface area contributed by atoms with Gasteiger partial charge in [-0.05, 0) is 36.3 Å². The Bertz CT molecular complexity index is 435. The third kappa shape index (κ3) is 4.58. The Morgan fingerprint density at radius 2 is 2.20 bits per heavy atom. The van der Waals surface area contributed by atoms with Gasteiger partial charge in [0.1, 0.15) is 0 Å². The van der Waals surface area contributed by atoms with Crippen molar-refractivity contribution in [1.29, 1.82) is 0 Å². The zero-order chi connectivity index (χ0) is 14.4. The normalized spacial score (nSPS) is 20.2. The number of nitrogens with one attached hydrogen (secondary N) is 2. The Morgan fingerprint density at radius 3 is 2.80 bits per heavy atom. The van der Waals surface area contributed by atoms with Gasteiger partial charge < -0.3 is 15.7 Å². The average Bonchev–Trinajstić information content (AvgIpc) is 2.47. The predicted octanol–water partition coefficient (Wildman–Crippen LogP) is 2.57. The molecular formula is C14H19ClN2O2S. The summed E-state index contributed by atoms with van der Waals surface area (Å²) in [5.41, 5.74) is 0.838. The molecule has 20 heavy (non-hydrogen) atoms. The summed E-state index contributed by atoms with van der Waals surface area (Å²) in [5.74, 6) is 2.13. The third-order valence-electron chi connectivity index (χ3n) is 3.26. The number of aliphatic hydroxyl groups excluding tert-OH is 1. The molecule has 0 spiro atoms. The molecule has 1 aliphatic rings. The summed E-state index contributed by atoms with van der Waals surface area (Å²) in [6.45, 7) is -0.144. The van der Waals surface area contributed by atoms with Crippen LogP contribution in [0.5, 0.6) is 0 Å². The average molecular weight is 315 g/mol. The van der Waals surface area contributed by atoms with Gasteiger partial charge in [0.15, 0.2) is 0 Å². The minimum Gasteiger partial charge on any atom is -0.394 e. The monoisotopic (exact) mass is 314 g/mol. The van der Waals surface area contributed by atoms with Gasteiger partial charge >= 0.3 is 6.03 Å². The van der Waals surface area contributed by atoms with Gasteiger partial charge in [-0.25, -0.2) is 4.79 Å². The zero-order valence-corrected chi connectivity index (χ0v) is 12.7. The second-order valence-corrected chi connectivity index (χ2v) is 6.40. The molecule has 6 heteroatoms. The molecule has 1 fully saturated rings. The molecular weight excluding hydrogens is 296 g/mol. The van der Waals surface area contributed by atoms with Crippen molar-refractivity contribution in [3.63, 3.8) is 0 Å². The van der Waals surface area contributed by atoms with Gasteiger partial charge in [-0.3, -0.25) is 0 Å². The van der Waals surface area contributed by atoms with Gasteiger partial charge in [0.25, 0.3) is 0 Å². The number of thioether (sulfide) groups is 1. The molecule has 0 radical (unpaired) electrons. The number of hydrogen-bond acceptors (Lipinski definition) is 3. The van der Waals surface area contributed by atoms with E-state index in [1.54, 1.807) is 24.3 Å². The lowest BCUT2D eigenvalue weighted by molar-refractivity contribution is 0.214. The van der Waals surface area contributed by atoms with Crippen LogP contribution in [0.15, 0.2) is 24.3 Å². The first kappa shape index (κ1) is 15.5. The van der Waals surface area contributed by atoms with Gasteiger partial charge in [0, 0.05) is 16.8 Å². The maximum Gasteiger partial charge on any atom is 0.315 e.